The molecule has 6 heteroatoms. The van der Waals surface area contributed by atoms with Gasteiger partial charge in [0, 0.05) is 0 Å². The van der Waals surface area contributed by atoms with Gasteiger partial charge in [0.2, 0.25) is 0 Å². The standard InChI is InChI=1S/C5H7N3O2.ClH/c1-9-4-3-5(10-2)7-8-6-4;/h3H,1-2H3;1H. The smallest absolute Gasteiger partial charge is 0.363 e. The molecule has 0 aliphatic rings. The van der Waals surface area contributed by atoms with Crippen LogP contribution in [0.4, 0.5) is 0 Å². The molecule has 0 saturated carbocycles. The first-order chi connectivity index (χ1) is 4.86. The van der Waals surface area contributed by atoms with Crippen LogP contribution in [0.1, 0.15) is 0 Å². The highest BCUT2D eigenvalue weighted by Crippen LogP contribution is 2.06. The summed E-state index contributed by atoms with van der Waals surface area (Å²) in [6.45, 7) is 0. The molecule has 0 saturated heterocycles. The lowest BCUT2D eigenvalue weighted by molar-refractivity contribution is -0.474. The van der Waals surface area contributed by atoms with Crippen molar-refractivity contribution in [3.05, 3.63) is 6.07 Å². The lowest BCUT2D eigenvalue weighted by Gasteiger charge is -1.91. The molecule has 0 aromatic carbocycles. The Bertz CT molecular complexity index is 201. The molecule has 1 aromatic rings. The molecule has 1 rings (SSSR count). The fourth-order valence-electron chi connectivity index (χ4n) is 0.501. The number of nitrogens with one attached hydrogen (secondary N) is 1. The number of H-pyrrole nitrogens is 1. The van der Waals surface area contributed by atoms with Gasteiger partial charge in [-0.3, -0.25) is 0 Å². The summed E-state index contributed by atoms with van der Waals surface area (Å²) in [5, 5.41) is 9.63. The minimum atomic E-state index is 0. The van der Waals surface area contributed by atoms with Crippen LogP contribution in [0.2, 0.25) is 0 Å². The molecule has 11 heavy (non-hydrogen) atoms. The molecule has 0 radical (unpaired) electrons. The van der Waals surface area contributed by atoms with E-state index >= 15 is 0 Å². The van der Waals surface area contributed by atoms with Gasteiger partial charge in [-0.1, -0.05) is 0 Å². The number of rotatable bonds is 2. The molecule has 0 unspecified atom stereocenters. The first kappa shape index (κ1) is 9.90. The Labute approximate surface area is 70.1 Å². The zero-order chi connectivity index (χ0) is 7.40. The molecule has 62 valence electrons. The summed E-state index contributed by atoms with van der Waals surface area (Å²) in [5.41, 5.74) is 0. The summed E-state index contributed by atoms with van der Waals surface area (Å²) in [5.74, 6) is 0.947. The third-order valence-electron chi connectivity index (χ3n) is 0.992. The maximum absolute atomic E-state index is 4.82. The van der Waals surface area contributed by atoms with Crippen molar-refractivity contribution in [1.82, 2.24) is 10.3 Å². The number of methoxy groups -OCH3 is 2. The van der Waals surface area contributed by atoms with Gasteiger partial charge in [0.25, 0.3) is 0 Å². The summed E-state index contributed by atoms with van der Waals surface area (Å²) in [7, 11) is 3.05. The normalized spacial score (nSPS) is 8.18. The highest BCUT2D eigenvalue weighted by molar-refractivity contribution is 5.11. The SMILES string of the molecule is COc1cc(OC)[nH+]nn1.[Cl-]. The summed E-state index contributed by atoms with van der Waals surface area (Å²) >= 11 is 0. The predicted octanol–water partition coefficient (Wildman–Crippen LogP) is -3.69. The van der Waals surface area contributed by atoms with Crippen LogP contribution in [0.25, 0.3) is 0 Å². The molecule has 0 atom stereocenters. The van der Waals surface area contributed by atoms with Crippen molar-refractivity contribution in [2.45, 2.75) is 0 Å². The Morgan fingerprint density at radius 2 is 2.09 bits per heavy atom. The summed E-state index contributed by atoms with van der Waals surface area (Å²) in [6, 6.07) is 1.60. The third-order valence-corrected chi connectivity index (χ3v) is 0.992. The van der Waals surface area contributed by atoms with Gasteiger partial charge in [-0.25, -0.2) is 0 Å². The molecule has 0 bridgehead atoms. The van der Waals surface area contributed by atoms with Crippen molar-refractivity contribution in [2.24, 2.45) is 0 Å². The average molecular weight is 178 g/mol. The molecule has 1 aromatic heterocycles. The van der Waals surface area contributed by atoms with E-state index in [2.05, 4.69) is 15.4 Å². The lowest BCUT2D eigenvalue weighted by atomic mass is 10.6. The van der Waals surface area contributed by atoms with Gasteiger partial charge in [-0.2, -0.15) is 0 Å². The van der Waals surface area contributed by atoms with Crippen molar-refractivity contribution in [3.8, 4) is 11.8 Å². The monoisotopic (exact) mass is 177 g/mol. The van der Waals surface area contributed by atoms with Crippen LogP contribution in [0, 0.1) is 0 Å². The van der Waals surface area contributed by atoms with Gasteiger partial charge in [-0.05, 0) is 0 Å². The molecule has 5 nitrogen and oxygen atoms in total. The maximum atomic E-state index is 4.82. The summed E-state index contributed by atoms with van der Waals surface area (Å²) in [6.07, 6.45) is 0. The van der Waals surface area contributed by atoms with Crippen LogP contribution in [0.15, 0.2) is 6.07 Å². The summed E-state index contributed by atoms with van der Waals surface area (Å²) in [4.78, 5) is 0. The van der Waals surface area contributed by atoms with E-state index in [1.165, 1.54) is 14.2 Å². The van der Waals surface area contributed by atoms with Crippen LogP contribution in [0.3, 0.4) is 0 Å². The Balaban J connectivity index is 0.000001000. The van der Waals surface area contributed by atoms with Gasteiger partial charge < -0.3 is 21.9 Å². The topological polar surface area (TPSA) is 58.4 Å². The van der Waals surface area contributed by atoms with E-state index in [1.54, 1.807) is 6.07 Å². The van der Waals surface area contributed by atoms with Gasteiger partial charge in [0.15, 0.2) is 0 Å². The van der Waals surface area contributed by atoms with Crippen molar-refractivity contribution in [3.63, 3.8) is 0 Å². The van der Waals surface area contributed by atoms with E-state index in [4.69, 9.17) is 9.47 Å². The Morgan fingerprint density at radius 1 is 1.36 bits per heavy atom. The fourth-order valence-corrected chi connectivity index (χ4v) is 0.501. The van der Waals surface area contributed by atoms with Crippen LogP contribution in [-0.2, 0) is 0 Å². The Hall–Kier alpha value is -1.10. The maximum Gasteiger partial charge on any atom is 0.363 e. The van der Waals surface area contributed by atoms with Crippen molar-refractivity contribution in [2.75, 3.05) is 14.2 Å². The number of ether oxygens (including phenoxy) is 2. The second-order valence-corrected chi connectivity index (χ2v) is 1.57. The molecule has 0 aliphatic heterocycles. The number of aromatic amines is 1. The molecule has 0 fully saturated rings. The van der Waals surface area contributed by atoms with Crippen LogP contribution in [0.5, 0.6) is 11.8 Å². The summed E-state index contributed by atoms with van der Waals surface area (Å²) < 4.78 is 9.60. The van der Waals surface area contributed by atoms with E-state index in [1.807, 2.05) is 0 Å². The van der Waals surface area contributed by atoms with E-state index in [9.17, 15) is 0 Å². The molecular weight excluding hydrogens is 170 g/mol. The van der Waals surface area contributed by atoms with E-state index in [-0.39, 0.29) is 12.4 Å². The predicted molar refractivity (Wildman–Crippen MR) is 31.7 cm³/mol. The van der Waals surface area contributed by atoms with Crippen molar-refractivity contribution in [1.29, 1.82) is 0 Å². The van der Waals surface area contributed by atoms with Crippen LogP contribution < -0.4 is 27.0 Å². The zero-order valence-electron chi connectivity index (χ0n) is 6.17. The van der Waals surface area contributed by atoms with E-state index in [0.717, 1.165) is 0 Å². The first-order valence-electron chi connectivity index (χ1n) is 2.70. The number of aromatic nitrogens is 3. The molecule has 0 spiro atoms. The van der Waals surface area contributed by atoms with E-state index < -0.39 is 0 Å². The fraction of sp³-hybridized carbons (Fsp3) is 0.400. The Morgan fingerprint density at radius 3 is 2.64 bits per heavy atom. The quantitative estimate of drug-likeness (QED) is 0.467. The molecule has 1 heterocycles. The van der Waals surface area contributed by atoms with Gasteiger partial charge in [0.1, 0.15) is 16.4 Å². The second kappa shape index (κ2) is 4.68. The minimum Gasteiger partial charge on any atom is -1.00 e. The first-order valence-corrected chi connectivity index (χ1v) is 2.70. The third kappa shape index (κ3) is 2.55. The largest absolute Gasteiger partial charge is 1.00 e. The lowest BCUT2D eigenvalue weighted by Crippen LogP contribution is -3.00. The minimum absolute atomic E-state index is 0. The second-order valence-electron chi connectivity index (χ2n) is 1.57. The number of nitrogens with zero attached hydrogens (tertiary/aromatic N) is 2. The Kier molecular flexibility index (Phi) is 4.21. The zero-order valence-corrected chi connectivity index (χ0v) is 6.92. The molecule has 0 aliphatic carbocycles. The number of hydrogen-bond acceptors (Lipinski definition) is 4. The van der Waals surface area contributed by atoms with Gasteiger partial charge >= 0.3 is 11.8 Å². The molecule has 1 N–H and O–H groups in total. The van der Waals surface area contributed by atoms with Crippen molar-refractivity contribution >= 4 is 0 Å². The molecular formula is C5H8ClN3O2. The van der Waals surface area contributed by atoms with Crippen LogP contribution in [-0.4, -0.2) is 24.5 Å². The van der Waals surface area contributed by atoms with Crippen LogP contribution >= 0.6 is 0 Å². The average Bonchev–Trinajstić information content (AvgIpc) is 2.05. The number of halogens is 1. The number of hydrogen-bond donors (Lipinski definition) is 0. The van der Waals surface area contributed by atoms with E-state index in [0.29, 0.717) is 11.8 Å². The van der Waals surface area contributed by atoms with Crippen molar-refractivity contribution < 1.29 is 27.0 Å². The highest BCUT2D eigenvalue weighted by Gasteiger charge is 2.04. The molecule has 0 amide bonds. The highest BCUT2D eigenvalue weighted by atomic mass is 35.5. The van der Waals surface area contributed by atoms with Gasteiger partial charge in [0.05, 0.1) is 14.2 Å². The van der Waals surface area contributed by atoms with Gasteiger partial charge in [-0.15, -0.1) is 5.10 Å².